The fraction of sp³-hybridized carbons (Fsp3) is 1.00. The van der Waals surface area contributed by atoms with Gasteiger partial charge in [0.05, 0.1) is 0 Å². The molecule has 0 saturated heterocycles. The monoisotopic (exact) mass is 306 g/mol. The zero-order valence-corrected chi connectivity index (χ0v) is 15.2. The number of rotatable bonds is 0. The van der Waals surface area contributed by atoms with Gasteiger partial charge in [-0.2, -0.15) is 12.6 Å². The maximum absolute atomic E-state index is 4.82. The first-order valence-corrected chi connectivity index (χ1v) is 10.1. The lowest BCUT2D eigenvalue weighted by Crippen LogP contribution is -2.53. The van der Waals surface area contributed by atoms with Gasteiger partial charge >= 0.3 is 0 Å². The van der Waals surface area contributed by atoms with Crippen LogP contribution in [0.4, 0.5) is 0 Å². The lowest BCUT2D eigenvalue weighted by molar-refractivity contribution is -0.108. The molecule has 1 heteroatoms. The van der Waals surface area contributed by atoms with Crippen molar-refractivity contribution in [3.05, 3.63) is 0 Å². The van der Waals surface area contributed by atoms with Gasteiger partial charge in [-0.05, 0) is 98.2 Å². The largest absolute Gasteiger partial charge is 0.176 e. The van der Waals surface area contributed by atoms with Crippen LogP contribution in [0.25, 0.3) is 0 Å². The molecule has 4 aliphatic carbocycles. The first kappa shape index (κ1) is 14.9. The Morgan fingerprint density at radius 2 is 1.52 bits per heavy atom. The highest BCUT2D eigenvalue weighted by Gasteiger charge is 2.59. The number of fused-ring (bicyclic) bond motifs is 5. The van der Waals surface area contributed by atoms with Crippen LogP contribution >= 0.6 is 12.6 Å². The molecule has 4 rings (SSSR count). The summed E-state index contributed by atoms with van der Waals surface area (Å²) in [6.45, 7) is 7.86. The Morgan fingerprint density at radius 3 is 2.33 bits per heavy atom. The average molecular weight is 307 g/mol. The molecule has 0 aromatic rings. The van der Waals surface area contributed by atoms with Crippen molar-refractivity contribution >= 4 is 12.6 Å². The highest BCUT2D eigenvalue weighted by Crippen LogP contribution is 2.67. The molecule has 0 aliphatic heterocycles. The van der Waals surface area contributed by atoms with Gasteiger partial charge in [0.25, 0.3) is 0 Å². The molecular weight excluding hydrogens is 272 g/mol. The van der Waals surface area contributed by atoms with E-state index in [1.54, 1.807) is 6.42 Å². The molecule has 0 spiro atoms. The summed E-state index contributed by atoms with van der Waals surface area (Å²) < 4.78 is 0. The predicted molar refractivity (Wildman–Crippen MR) is 93.7 cm³/mol. The van der Waals surface area contributed by atoms with Gasteiger partial charge < -0.3 is 0 Å². The maximum Gasteiger partial charge on any atom is 0.00198 e. The van der Waals surface area contributed by atoms with E-state index in [4.69, 9.17) is 12.6 Å². The third-order valence-corrected chi connectivity index (χ3v) is 9.58. The van der Waals surface area contributed by atoms with Crippen molar-refractivity contribution in [2.75, 3.05) is 0 Å². The van der Waals surface area contributed by atoms with E-state index in [0.29, 0.717) is 16.1 Å². The van der Waals surface area contributed by atoms with Crippen LogP contribution in [0.2, 0.25) is 0 Å². The minimum Gasteiger partial charge on any atom is -0.176 e. The zero-order valence-electron chi connectivity index (χ0n) is 14.3. The molecule has 0 aromatic heterocycles. The molecule has 0 radical (unpaired) electrons. The quantitative estimate of drug-likeness (QED) is 0.524. The van der Waals surface area contributed by atoms with Gasteiger partial charge in [0, 0.05) is 5.25 Å². The summed E-state index contributed by atoms with van der Waals surface area (Å²) >= 11 is 4.82. The normalized spacial score (nSPS) is 60.0. The number of hydrogen-bond acceptors (Lipinski definition) is 1. The van der Waals surface area contributed by atoms with Crippen LogP contribution in [0.5, 0.6) is 0 Å². The summed E-state index contributed by atoms with van der Waals surface area (Å²) in [6, 6.07) is 0. The third-order valence-electron chi connectivity index (χ3n) is 9.11. The Kier molecular flexibility index (Phi) is 3.49. The summed E-state index contributed by atoms with van der Waals surface area (Å²) in [5.74, 6) is 5.12. The van der Waals surface area contributed by atoms with Crippen LogP contribution < -0.4 is 0 Å². The second kappa shape index (κ2) is 4.92. The van der Waals surface area contributed by atoms with Gasteiger partial charge in [-0.25, -0.2) is 0 Å². The van der Waals surface area contributed by atoms with Crippen LogP contribution in [0.1, 0.15) is 78.6 Å². The van der Waals surface area contributed by atoms with Crippen LogP contribution in [0.15, 0.2) is 0 Å². The molecule has 0 amide bonds. The van der Waals surface area contributed by atoms with E-state index >= 15 is 0 Å². The second-order valence-corrected chi connectivity index (χ2v) is 10.3. The molecule has 4 saturated carbocycles. The fourth-order valence-electron chi connectivity index (χ4n) is 7.50. The van der Waals surface area contributed by atoms with Gasteiger partial charge in [0.15, 0.2) is 0 Å². The van der Waals surface area contributed by atoms with E-state index < -0.39 is 0 Å². The standard InChI is InChI=1S/C20H34S/c1-13-4-7-17-16-6-5-14-12-15(21)8-10-20(14,3)18(16)9-11-19(13,17)2/h13-18,21H,4-12H2,1-3H3. The van der Waals surface area contributed by atoms with Crippen molar-refractivity contribution in [1.82, 2.24) is 0 Å². The summed E-state index contributed by atoms with van der Waals surface area (Å²) in [6.07, 6.45) is 13.4. The van der Waals surface area contributed by atoms with E-state index in [-0.39, 0.29) is 0 Å². The molecule has 0 N–H and O–H groups in total. The topological polar surface area (TPSA) is 0 Å². The average Bonchev–Trinajstić information content (AvgIpc) is 2.76. The Morgan fingerprint density at radius 1 is 0.810 bits per heavy atom. The van der Waals surface area contributed by atoms with Crippen molar-refractivity contribution in [3.63, 3.8) is 0 Å². The van der Waals surface area contributed by atoms with Crippen LogP contribution in [-0.4, -0.2) is 5.25 Å². The highest BCUT2D eigenvalue weighted by molar-refractivity contribution is 7.80. The van der Waals surface area contributed by atoms with Crippen molar-refractivity contribution in [2.45, 2.75) is 83.8 Å². The van der Waals surface area contributed by atoms with Crippen LogP contribution in [0, 0.1) is 40.4 Å². The first-order valence-electron chi connectivity index (χ1n) is 9.63. The molecule has 120 valence electrons. The Labute approximate surface area is 137 Å². The summed E-state index contributed by atoms with van der Waals surface area (Å²) in [7, 11) is 0. The summed E-state index contributed by atoms with van der Waals surface area (Å²) in [4.78, 5) is 0. The van der Waals surface area contributed by atoms with Gasteiger partial charge in [-0.3, -0.25) is 0 Å². The van der Waals surface area contributed by atoms with Gasteiger partial charge in [0.1, 0.15) is 0 Å². The molecule has 0 heterocycles. The number of thiol groups is 1. The molecular formula is C20H34S. The van der Waals surface area contributed by atoms with Gasteiger partial charge in [-0.15, -0.1) is 0 Å². The smallest absolute Gasteiger partial charge is 0.00198 e. The van der Waals surface area contributed by atoms with E-state index in [0.717, 1.165) is 29.6 Å². The van der Waals surface area contributed by atoms with Crippen molar-refractivity contribution in [2.24, 2.45) is 40.4 Å². The van der Waals surface area contributed by atoms with Crippen LogP contribution in [-0.2, 0) is 0 Å². The minimum atomic E-state index is 0.662. The molecule has 4 aliphatic rings. The van der Waals surface area contributed by atoms with Crippen molar-refractivity contribution in [1.29, 1.82) is 0 Å². The molecule has 8 atom stereocenters. The molecule has 0 aromatic carbocycles. The van der Waals surface area contributed by atoms with Crippen molar-refractivity contribution < 1.29 is 0 Å². The summed E-state index contributed by atoms with van der Waals surface area (Å²) in [5.41, 5.74) is 1.35. The zero-order chi connectivity index (χ0) is 14.8. The van der Waals surface area contributed by atoms with Crippen molar-refractivity contribution in [3.8, 4) is 0 Å². The van der Waals surface area contributed by atoms with Crippen LogP contribution in [0.3, 0.4) is 0 Å². The van der Waals surface area contributed by atoms with E-state index in [1.165, 1.54) is 51.4 Å². The minimum absolute atomic E-state index is 0.662. The van der Waals surface area contributed by atoms with Gasteiger partial charge in [0.2, 0.25) is 0 Å². The Hall–Kier alpha value is 0.350. The second-order valence-electron chi connectivity index (χ2n) is 9.61. The molecule has 0 bridgehead atoms. The fourth-order valence-corrected chi connectivity index (χ4v) is 7.88. The first-order chi connectivity index (χ1) is 9.95. The van der Waals surface area contributed by atoms with E-state index in [9.17, 15) is 0 Å². The molecule has 8 unspecified atom stereocenters. The highest BCUT2D eigenvalue weighted by atomic mass is 32.1. The third kappa shape index (κ3) is 2.01. The summed E-state index contributed by atoms with van der Waals surface area (Å²) in [5, 5.41) is 0.694. The molecule has 21 heavy (non-hydrogen) atoms. The Balaban J connectivity index is 1.62. The predicted octanol–water partition coefficient (Wildman–Crippen LogP) is 5.96. The van der Waals surface area contributed by atoms with E-state index in [2.05, 4.69) is 20.8 Å². The molecule has 4 fully saturated rings. The Bertz CT molecular complexity index is 418. The molecule has 0 nitrogen and oxygen atoms in total. The lowest BCUT2D eigenvalue weighted by Gasteiger charge is -2.61. The maximum atomic E-state index is 4.82. The SMILES string of the molecule is CC1CCC2C3CCC4CC(S)CCC4(C)C3CCC12C. The number of hydrogen-bond donors (Lipinski definition) is 1. The van der Waals surface area contributed by atoms with Gasteiger partial charge in [-0.1, -0.05) is 20.8 Å². The lowest BCUT2D eigenvalue weighted by atomic mass is 9.45. The van der Waals surface area contributed by atoms with E-state index in [1.807, 2.05) is 0 Å².